The van der Waals surface area contributed by atoms with Crippen LogP contribution in [0.4, 0.5) is 0 Å². The molecule has 5 heteroatoms. The topological polar surface area (TPSA) is 42.4 Å². The highest BCUT2D eigenvalue weighted by atomic mass is 32.1. The average molecular weight is 356 g/mol. The minimum absolute atomic E-state index is 0.152. The molecule has 2 aliphatic rings. The molecule has 1 amide bonds. The molecule has 25 heavy (non-hydrogen) atoms. The SMILES string of the molecule is O=C(Cc1ccsc1)N1C[C@@H]2CCC[C@]2(COCc2ccccn2)C1. The zero-order chi connectivity index (χ0) is 17.1. The molecule has 4 rings (SSSR count). The Kier molecular flexibility index (Phi) is 4.86. The first kappa shape index (κ1) is 16.7. The van der Waals surface area contributed by atoms with Crippen molar-refractivity contribution in [3.63, 3.8) is 0 Å². The van der Waals surface area contributed by atoms with Crippen molar-refractivity contribution in [1.29, 1.82) is 0 Å². The Morgan fingerprint density at radius 1 is 1.40 bits per heavy atom. The van der Waals surface area contributed by atoms with E-state index in [1.54, 1.807) is 17.5 Å². The Labute approximate surface area is 152 Å². The number of nitrogens with zero attached hydrogens (tertiary/aromatic N) is 2. The van der Waals surface area contributed by atoms with Crippen molar-refractivity contribution in [2.75, 3.05) is 19.7 Å². The fourth-order valence-electron chi connectivity index (χ4n) is 4.36. The third-order valence-electron chi connectivity index (χ3n) is 5.69. The number of ether oxygens (including phenoxy) is 1. The summed E-state index contributed by atoms with van der Waals surface area (Å²) in [7, 11) is 0. The van der Waals surface area contributed by atoms with E-state index in [1.807, 2.05) is 29.6 Å². The Morgan fingerprint density at radius 3 is 3.16 bits per heavy atom. The van der Waals surface area contributed by atoms with Gasteiger partial charge in [0.15, 0.2) is 0 Å². The van der Waals surface area contributed by atoms with Gasteiger partial charge in [-0.1, -0.05) is 12.5 Å². The van der Waals surface area contributed by atoms with E-state index in [0.717, 1.165) is 31.0 Å². The van der Waals surface area contributed by atoms with Gasteiger partial charge in [0.2, 0.25) is 5.91 Å². The Bertz CT molecular complexity index is 704. The lowest BCUT2D eigenvalue weighted by Crippen LogP contribution is -2.35. The summed E-state index contributed by atoms with van der Waals surface area (Å²) in [5.41, 5.74) is 2.25. The third-order valence-corrected chi connectivity index (χ3v) is 6.43. The zero-order valence-electron chi connectivity index (χ0n) is 14.4. The van der Waals surface area contributed by atoms with Gasteiger partial charge < -0.3 is 9.64 Å². The summed E-state index contributed by atoms with van der Waals surface area (Å²) in [4.78, 5) is 19.1. The molecule has 2 aromatic heterocycles. The highest BCUT2D eigenvalue weighted by molar-refractivity contribution is 7.08. The molecule has 1 aliphatic heterocycles. The number of thiophene rings is 1. The first-order valence-corrected chi connectivity index (χ1v) is 9.96. The lowest BCUT2D eigenvalue weighted by molar-refractivity contribution is -0.130. The summed E-state index contributed by atoms with van der Waals surface area (Å²) >= 11 is 1.65. The molecule has 0 aromatic carbocycles. The first-order chi connectivity index (χ1) is 12.3. The smallest absolute Gasteiger partial charge is 0.227 e. The average Bonchev–Trinajstić information content (AvgIpc) is 3.31. The molecule has 1 aliphatic carbocycles. The second kappa shape index (κ2) is 7.26. The molecule has 0 radical (unpaired) electrons. The van der Waals surface area contributed by atoms with Crippen LogP contribution in [0.25, 0.3) is 0 Å². The number of hydrogen-bond donors (Lipinski definition) is 0. The van der Waals surface area contributed by atoms with Crippen LogP contribution in [0.1, 0.15) is 30.5 Å². The lowest BCUT2D eigenvalue weighted by atomic mass is 9.81. The van der Waals surface area contributed by atoms with Crippen LogP contribution in [0.5, 0.6) is 0 Å². The zero-order valence-corrected chi connectivity index (χ0v) is 15.2. The van der Waals surface area contributed by atoms with Crippen molar-refractivity contribution >= 4 is 17.2 Å². The maximum atomic E-state index is 12.7. The van der Waals surface area contributed by atoms with Crippen LogP contribution in [0, 0.1) is 11.3 Å². The summed E-state index contributed by atoms with van der Waals surface area (Å²) in [6.45, 7) is 3.04. The summed E-state index contributed by atoms with van der Waals surface area (Å²) in [5, 5.41) is 4.11. The van der Waals surface area contributed by atoms with Gasteiger partial charge in [0.25, 0.3) is 0 Å². The number of pyridine rings is 1. The van der Waals surface area contributed by atoms with Crippen LogP contribution in [0.15, 0.2) is 41.2 Å². The second-order valence-electron chi connectivity index (χ2n) is 7.35. The minimum Gasteiger partial charge on any atom is -0.375 e. The van der Waals surface area contributed by atoms with Crippen LogP contribution in [-0.4, -0.2) is 35.5 Å². The Morgan fingerprint density at radius 2 is 2.36 bits per heavy atom. The van der Waals surface area contributed by atoms with Gasteiger partial charge in [0, 0.05) is 24.7 Å². The van der Waals surface area contributed by atoms with Crippen molar-refractivity contribution in [1.82, 2.24) is 9.88 Å². The van der Waals surface area contributed by atoms with Gasteiger partial charge in [-0.05, 0) is 53.3 Å². The van der Waals surface area contributed by atoms with E-state index in [9.17, 15) is 4.79 Å². The van der Waals surface area contributed by atoms with Gasteiger partial charge in [-0.2, -0.15) is 11.3 Å². The van der Waals surface area contributed by atoms with Gasteiger partial charge in [-0.15, -0.1) is 0 Å². The lowest BCUT2D eigenvalue weighted by Gasteiger charge is -2.28. The standard InChI is InChI=1S/C20H24N2O2S/c23-19(10-16-6-9-25-13-16)22-11-17-4-3-7-20(17,14-22)15-24-12-18-5-1-2-8-21-18/h1-2,5-6,8-9,13,17H,3-4,7,10-12,14-15H2/t17-,20+/m0/s1. The molecule has 2 fully saturated rings. The highest BCUT2D eigenvalue weighted by Gasteiger charge is 2.50. The normalized spacial score (nSPS) is 25.3. The molecule has 4 nitrogen and oxygen atoms in total. The fraction of sp³-hybridized carbons (Fsp3) is 0.500. The van der Waals surface area contributed by atoms with E-state index in [-0.39, 0.29) is 11.3 Å². The largest absolute Gasteiger partial charge is 0.375 e. The number of carbonyl (C=O) groups is 1. The summed E-state index contributed by atoms with van der Waals surface area (Å²) < 4.78 is 6.04. The van der Waals surface area contributed by atoms with E-state index < -0.39 is 0 Å². The molecule has 0 unspecified atom stereocenters. The van der Waals surface area contributed by atoms with E-state index in [0.29, 0.717) is 18.9 Å². The van der Waals surface area contributed by atoms with Crippen LogP contribution in [0.3, 0.4) is 0 Å². The summed E-state index contributed by atoms with van der Waals surface area (Å²) in [5.74, 6) is 0.847. The molecule has 0 bridgehead atoms. The van der Waals surface area contributed by atoms with E-state index in [1.165, 1.54) is 19.3 Å². The number of amides is 1. The number of rotatable bonds is 6. The predicted octanol–water partition coefficient (Wildman–Crippen LogP) is 3.53. The third kappa shape index (κ3) is 3.62. The molecule has 0 N–H and O–H groups in total. The number of likely N-dealkylation sites (tertiary alicyclic amines) is 1. The molecule has 0 spiro atoms. The van der Waals surface area contributed by atoms with Gasteiger partial charge >= 0.3 is 0 Å². The number of hydrogen-bond acceptors (Lipinski definition) is 4. The Balaban J connectivity index is 1.36. The number of carbonyl (C=O) groups excluding carboxylic acids is 1. The van der Waals surface area contributed by atoms with Crippen LogP contribution >= 0.6 is 11.3 Å². The maximum Gasteiger partial charge on any atom is 0.227 e. The number of fused-ring (bicyclic) bond motifs is 1. The quantitative estimate of drug-likeness (QED) is 0.795. The molecule has 1 saturated carbocycles. The van der Waals surface area contributed by atoms with Gasteiger partial charge in [0.1, 0.15) is 0 Å². The minimum atomic E-state index is 0.152. The summed E-state index contributed by atoms with van der Waals surface area (Å²) in [6, 6.07) is 7.95. The van der Waals surface area contributed by atoms with Crippen molar-refractivity contribution in [3.05, 3.63) is 52.5 Å². The van der Waals surface area contributed by atoms with Gasteiger partial charge in [0.05, 0.1) is 25.3 Å². The van der Waals surface area contributed by atoms with Crippen LogP contribution < -0.4 is 0 Å². The monoisotopic (exact) mass is 356 g/mol. The van der Waals surface area contributed by atoms with Crippen molar-refractivity contribution < 1.29 is 9.53 Å². The van der Waals surface area contributed by atoms with Crippen molar-refractivity contribution in [3.8, 4) is 0 Å². The van der Waals surface area contributed by atoms with Gasteiger partial charge in [-0.3, -0.25) is 9.78 Å². The first-order valence-electron chi connectivity index (χ1n) is 9.02. The van der Waals surface area contributed by atoms with E-state index in [2.05, 4.69) is 15.3 Å². The van der Waals surface area contributed by atoms with Crippen LogP contribution in [-0.2, 0) is 22.6 Å². The second-order valence-corrected chi connectivity index (χ2v) is 8.13. The van der Waals surface area contributed by atoms with Crippen molar-refractivity contribution in [2.45, 2.75) is 32.3 Å². The van der Waals surface area contributed by atoms with Crippen molar-refractivity contribution in [2.24, 2.45) is 11.3 Å². The molecule has 2 aromatic rings. The predicted molar refractivity (Wildman–Crippen MR) is 98.3 cm³/mol. The van der Waals surface area contributed by atoms with Gasteiger partial charge in [-0.25, -0.2) is 0 Å². The molecular weight excluding hydrogens is 332 g/mol. The number of aromatic nitrogens is 1. The van der Waals surface area contributed by atoms with E-state index >= 15 is 0 Å². The highest BCUT2D eigenvalue weighted by Crippen LogP contribution is 2.49. The molecule has 3 heterocycles. The molecule has 2 atom stereocenters. The fourth-order valence-corrected chi connectivity index (χ4v) is 5.03. The molecular formula is C20H24N2O2S. The van der Waals surface area contributed by atoms with E-state index in [4.69, 9.17) is 4.74 Å². The maximum absolute atomic E-state index is 12.7. The van der Waals surface area contributed by atoms with Crippen LogP contribution in [0.2, 0.25) is 0 Å². The Hall–Kier alpha value is -1.72. The molecule has 132 valence electrons. The molecule has 1 saturated heterocycles. The summed E-state index contributed by atoms with van der Waals surface area (Å²) in [6.07, 6.45) is 5.97.